The molecule has 1 aliphatic heterocycles. The molecule has 0 unspecified atom stereocenters. The highest BCUT2D eigenvalue weighted by Gasteiger charge is 2.27. The lowest BCUT2D eigenvalue weighted by Crippen LogP contribution is -2.39. The van der Waals surface area contributed by atoms with Crippen molar-refractivity contribution in [2.24, 2.45) is 5.92 Å². The van der Waals surface area contributed by atoms with E-state index < -0.39 is 27.7 Å². The van der Waals surface area contributed by atoms with E-state index in [0.717, 1.165) is 18.4 Å². The van der Waals surface area contributed by atoms with E-state index in [2.05, 4.69) is 4.72 Å². The molecule has 7 nitrogen and oxygen atoms in total. The number of carbonyl (C=O) groups excluding carboxylic acids is 1. The molecule has 0 saturated carbocycles. The zero-order valence-corrected chi connectivity index (χ0v) is 14.0. The minimum Gasteiger partial charge on any atom is -0.481 e. The Morgan fingerprint density at radius 3 is 2.50 bits per heavy atom. The number of nitrogens with one attached hydrogen (secondary N) is 1. The van der Waals surface area contributed by atoms with Gasteiger partial charge >= 0.3 is 5.97 Å². The van der Waals surface area contributed by atoms with Crippen molar-refractivity contribution in [1.82, 2.24) is 4.90 Å². The number of rotatable bonds is 5. The molecular weight excluding hydrogens is 339 g/mol. The quantitative estimate of drug-likeness (QED) is 0.831. The molecule has 1 aromatic carbocycles. The summed E-state index contributed by atoms with van der Waals surface area (Å²) < 4.78 is 38.5. The van der Waals surface area contributed by atoms with Gasteiger partial charge in [0.15, 0.2) is 0 Å². The smallest absolute Gasteiger partial charge is 0.303 e. The molecule has 0 bridgehead atoms. The van der Waals surface area contributed by atoms with Gasteiger partial charge in [-0.3, -0.25) is 14.3 Å². The van der Waals surface area contributed by atoms with Crippen LogP contribution in [0.25, 0.3) is 0 Å². The maximum Gasteiger partial charge on any atom is 0.303 e. The summed E-state index contributed by atoms with van der Waals surface area (Å²) in [6.45, 7) is 0.706. The second-order valence-corrected chi connectivity index (χ2v) is 7.65. The fourth-order valence-corrected chi connectivity index (χ4v) is 3.32. The lowest BCUT2D eigenvalue weighted by Gasteiger charge is -2.31. The molecule has 0 aliphatic carbocycles. The number of nitrogens with zero attached hydrogens (tertiary/aromatic N) is 1. The van der Waals surface area contributed by atoms with Crippen LogP contribution >= 0.6 is 0 Å². The zero-order chi connectivity index (χ0) is 17.9. The summed E-state index contributed by atoms with van der Waals surface area (Å²) in [5, 5.41) is 8.81. The van der Waals surface area contributed by atoms with Gasteiger partial charge in [-0.15, -0.1) is 0 Å². The highest BCUT2D eigenvalue weighted by Crippen LogP contribution is 2.25. The van der Waals surface area contributed by atoms with Gasteiger partial charge in [-0.25, -0.2) is 12.8 Å². The molecule has 132 valence electrons. The van der Waals surface area contributed by atoms with Crippen molar-refractivity contribution in [3.05, 3.63) is 29.6 Å². The number of aliphatic carboxylic acids is 1. The SMILES string of the molecule is CS(=O)(=O)Nc1ccc(F)cc1C(=O)N1CCC(CC(=O)O)CC1. The van der Waals surface area contributed by atoms with Crippen molar-refractivity contribution in [3.63, 3.8) is 0 Å². The van der Waals surface area contributed by atoms with Gasteiger partial charge in [-0.2, -0.15) is 0 Å². The highest BCUT2D eigenvalue weighted by atomic mass is 32.2. The Morgan fingerprint density at radius 1 is 1.33 bits per heavy atom. The number of carboxylic acids is 1. The summed E-state index contributed by atoms with van der Waals surface area (Å²) >= 11 is 0. The largest absolute Gasteiger partial charge is 0.481 e. The fraction of sp³-hybridized carbons (Fsp3) is 0.467. The number of hydrogen-bond donors (Lipinski definition) is 2. The number of anilines is 1. The van der Waals surface area contributed by atoms with Crippen LogP contribution in [-0.4, -0.2) is 49.6 Å². The van der Waals surface area contributed by atoms with E-state index in [9.17, 15) is 22.4 Å². The Labute approximate surface area is 139 Å². The monoisotopic (exact) mass is 358 g/mol. The Bertz CT molecular complexity index is 742. The summed E-state index contributed by atoms with van der Waals surface area (Å²) in [6.07, 6.45) is 2.09. The molecule has 0 spiro atoms. The van der Waals surface area contributed by atoms with Crippen LogP contribution in [0.2, 0.25) is 0 Å². The second-order valence-electron chi connectivity index (χ2n) is 5.90. The third-order valence-corrected chi connectivity index (χ3v) is 4.46. The average molecular weight is 358 g/mol. The molecule has 1 aromatic rings. The van der Waals surface area contributed by atoms with Crippen LogP contribution in [0.5, 0.6) is 0 Å². The molecule has 1 amide bonds. The minimum absolute atomic E-state index is 0.00711. The Hall–Kier alpha value is -2.16. The van der Waals surface area contributed by atoms with Gasteiger partial charge in [0.2, 0.25) is 10.0 Å². The topological polar surface area (TPSA) is 104 Å². The summed E-state index contributed by atoms with van der Waals surface area (Å²) in [6, 6.07) is 3.28. The van der Waals surface area contributed by atoms with Crippen molar-refractivity contribution in [1.29, 1.82) is 0 Å². The van der Waals surface area contributed by atoms with Gasteiger partial charge < -0.3 is 10.0 Å². The number of carbonyl (C=O) groups is 2. The maximum absolute atomic E-state index is 13.5. The van der Waals surface area contributed by atoms with Crippen molar-refractivity contribution in [3.8, 4) is 0 Å². The van der Waals surface area contributed by atoms with Crippen LogP contribution in [-0.2, 0) is 14.8 Å². The van der Waals surface area contributed by atoms with E-state index in [0.29, 0.717) is 25.9 Å². The molecule has 1 aliphatic rings. The molecular formula is C15H19FN2O5S. The van der Waals surface area contributed by atoms with Gasteiger partial charge in [0.25, 0.3) is 5.91 Å². The van der Waals surface area contributed by atoms with E-state index >= 15 is 0 Å². The lowest BCUT2D eigenvalue weighted by molar-refractivity contribution is -0.138. The van der Waals surface area contributed by atoms with Crippen LogP contribution in [0, 0.1) is 11.7 Å². The number of sulfonamides is 1. The van der Waals surface area contributed by atoms with Crippen LogP contribution < -0.4 is 4.72 Å². The Balaban J connectivity index is 2.15. The lowest BCUT2D eigenvalue weighted by atomic mass is 9.93. The molecule has 2 rings (SSSR count). The summed E-state index contributed by atoms with van der Waals surface area (Å²) in [7, 11) is -3.61. The van der Waals surface area contributed by atoms with Crippen LogP contribution in [0.1, 0.15) is 29.6 Å². The molecule has 0 radical (unpaired) electrons. The summed E-state index contributed by atoms with van der Waals surface area (Å²) in [4.78, 5) is 24.8. The number of halogens is 1. The third-order valence-electron chi connectivity index (χ3n) is 3.87. The molecule has 9 heteroatoms. The first-order chi connectivity index (χ1) is 11.2. The molecule has 1 saturated heterocycles. The van der Waals surface area contributed by atoms with E-state index in [4.69, 9.17) is 5.11 Å². The first kappa shape index (κ1) is 18.2. The molecule has 24 heavy (non-hydrogen) atoms. The average Bonchev–Trinajstić information content (AvgIpc) is 2.47. The minimum atomic E-state index is -3.61. The van der Waals surface area contributed by atoms with E-state index in [-0.39, 0.29) is 23.6 Å². The Kier molecular flexibility index (Phi) is 5.43. The van der Waals surface area contributed by atoms with E-state index in [1.807, 2.05) is 0 Å². The molecule has 2 N–H and O–H groups in total. The van der Waals surface area contributed by atoms with Gasteiger partial charge in [-0.1, -0.05) is 0 Å². The van der Waals surface area contributed by atoms with Crippen molar-refractivity contribution < 1.29 is 27.5 Å². The van der Waals surface area contributed by atoms with E-state index in [1.165, 1.54) is 11.0 Å². The van der Waals surface area contributed by atoms with Gasteiger partial charge in [0.1, 0.15) is 5.82 Å². The number of amides is 1. The number of benzene rings is 1. The van der Waals surface area contributed by atoms with Crippen LogP contribution in [0.4, 0.5) is 10.1 Å². The van der Waals surface area contributed by atoms with Gasteiger partial charge in [0, 0.05) is 19.5 Å². The number of likely N-dealkylation sites (tertiary alicyclic amines) is 1. The number of hydrogen-bond acceptors (Lipinski definition) is 4. The van der Waals surface area contributed by atoms with E-state index in [1.54, 1.807) is 0 Å². The van der Waals surface area contributed by atoms with Gasteiger partial charge in [-0.05, 0) is 37.0 Å². The third kappa shape index (κ3) is 4.92. The summed E-state index contributed by atoms with van der Waals surface area (Å²) in [5.74, 6) is -1.98. The second kappa shape index (κ2) is 7.16. The van der Waals surface area contributed by atoms with Gasteiger partial charge in [0.05, 0.1) is 17.5 Å². The van der Waals surface area contributed by atoms with Crippen molar-refractivity contribution in [2.75, 3.05) is 24.1 Å². The molecule has 0 aromatic heterocycles. The first-order valence-corrected chi connectivity index (χ1v) is 9.33. The highest BCUT2D eigenvalue weighted by molar-refractivity contribution is 7.92. The molecule has 1 fully saturated rings. The normalized spacial score (nSPS) is 16.0. The fourth-order valence-electron chi connectivity index (χ4n) is 2.74. The van der Waals surface area contributed by atoms with Crippen molar-refractivity contribution in [2.45, 2.75) is 19.3 Å². The molecule has 1 heterocycles. The predicted molar refractivity (Wildman–Crippen MR) is 85.7 cm³/mol. The zero-order valence-electron chi connectivity index (χ0n) is 13.2. The Morgan fingerprint density at radius 2 is 1.96 bits per heavy atom. The number of carboxylic acid groups (broad SMARTS) is 1. The standard InChI is InChI=1S/C15H19FN2O5S/c1-24(22,23)17-13-3-2-11(16)9-12(13)15(21)18-6-4-10(5-7-18)8-14(19)20/h2-3,9-10,17H,4-8H2,1H3,(H,19,20). The number of piperidine rings is 1. The molecule has 0 atom stereocenters. The summed E-state index contributed by atoms with van der Waals surface area (Å²) in [5.41, 5.74) is -0.0336. The predicted octanol–water partition coefficient (Wildman–Crippen LogP) is 1.52. The van der Waals surface area contributed by atoms with Crippen LogP contribution in [0.15, 0.2) is 18.2 Å². The van der Waals surface area contributed by atoms with Crippen LogP contribution in [0.3, 0.4) is 0 Å². The van der Waals surface area contributed by atoms with Crippen molar-refractivity contribution >= 4 is 27.6 Å². The first-order valence-electron chi connectivity index (χ1n) is 7.44. The maximum atomic E-state index is 13.5.